The lowest BCUT2D eigenvalue weighted by Gasteiger charge is -2.17. The van der Waals surface area contributed by atoms with Crippen molar-refractivity contribution in [1.82, 2.24) is 14.7 Å². The quantitative estimate of drug-likeness (QED) is 0.867. The molecule has 0 unspecified atom stereocenters. The maximum atomic E-state index is 13.2. The Balaban J connectivity index is 2.30. The molecule has 0 radical (unpaired) electrons. The second kappa shape index (κ2) is 7.09. The van der Waals surface area contributed by atoms with Crippen LogP contribution in [0.1, 0.15) is 19.4 Å². The van der Waals surface area contributed by atoms with Crippen LogP contribution in [0.3, 0.4) is 0 Å². The van der Waals surface area contributed by atoms with Gasteiger partial charge in [0.05, 0.1) is 6.20 Å². The van der Waals surface area contributed by atoms with Gasteiger partial charge in [0.15, 0.2) is 0 Å². The van der Waals surface area contributed by atoms with Crippen LogP contribution < -0.4 is 0 Å². The summed E-state index contributed by atoms with van der Waals surface area (Å²) in [4.78, 5) is 14.5. The second-order valence-electron chi connectivity index (χ2n) is 4.42. The molecular weight excluding hydrogens is 303 g/mol. The Morgan fingerprint density at radius 2 is 2.18 bits per heavy atom. The molecule has 0 aliphatic carbocycles. The number of hydrogen-bond donors (Lipinski definition) is 0. The Bertz CT molecular complexity index is 719. The maximum Gasteiger partial charge on any atom is 0.344 e. The molecule has 114 valence electrons. The summed E-state index contributed by atoms with van der Waals surface area (Å²) in [6.07, 6.45) is 1.41. The van der Waals surface area contributed by atoms with Gasteiger partial charge in [0.1, 0.15) is 22.5 Å². The molecule has 0 atom stereocenters. The maximum absolute atomic E-state index is 13.2. The van der Waals surface area contributed by atoms with Crippen molar-refractivity contribution in [1.29, 1.82) is 5.26 Å². The normalized spacial score (nSPS) is 10.3. The van der Waals surface area contributed by atoms with Crippen molar-refractivity contribution in [2.24, 2.45) is 0 Å². The van der Waals surface area contributed by atoms with Crippen molar-refractivity contribution >= 4 is 17.8 Å². The SMILES string of the molecule is CCN(CC)C(=O)n1cc(C#N)c(Sc2cccc(F)c2)n1. The minimum atomic E-state index is -0.359. The molecular formula is C15H15FN4OS. The molecule has 7 heteroatoms. The summed E-state index contributed by atoms with van der Waals surface area (Å²) >= 11 is 1.15. The van der Waals surface area contributed by atoms with E-state index >= 15 is 0 Å². The number of nitriles is 1. The van der Waals surface area contributed by atoms with Crippen LogP contribution in [-0.2, 0) is 0 Å². The van der Waals surface area contributed by atoms with Gasteiger partial charge in [0.25, 0.3) is 0 Å². The van der Waals surface area contributed by atoms with Gasteiger partial charge in [-0.25, -0.2) is 9.18 Å². The summed E-state index contributed by atoms with van der Waals surface area (Å²) in [5.74, 6) is -0.359. The molecule has 0 aliphatic heterocycles. The lowest BCUT2D eigenvalue weighted by atomic mass is 10.3. The average molecular weight is 318 g/mol. The molecule has 1 amide bonds. The highest BCUT2D eigenvalue weighted by atomic mass is 32.2. The van der Waals surface area contributed by atoms with Crippen LogP contribution in [0.25, 0.3) is 0 Å². The third-order valence-electron chi connectivity index (χ3n) is 3.04. The number of aromatic nitrogens is 2. The number of hydrogen-bond acceptors (Lipinski definition) is 4. The summed E-state index contributed by atoms with van der Waals surface area (Å²) in [5, 5.41) is 13.7. The van der Waals surface area contributed by atoms with Crippen molar-refractivity contribution in [2.75, 3.05) is 13.1 Å². The van der Waals surface area contributed by atoms with Crippen molar-refractivity contribution < 1.29 is 9.18 Å². The molecule has 22 heavy (non-hydrogen) atoms. The molecule has 0 spiro atoms. The Morgan fingerprint density at radius 3 is 2.77 bits per heavy atom. The zero-order valence-corrected chi connectivity index (χ0v) is 13.1. The van der Waals surface area contributed by atoms with E-state index in [9.17, 15) is 14.4 Å². The fourth-order valence-corrected chi connectivity index (χ4v) is 2.77. The minimum absolute atomic E-state index is 0.285. The topological polar surface area (TPSA) is 61.9 Å². The third kappa shape index (κ3) is 3.46. The van der Waals surface area contributed by atoms with Crippen LogP contribution in [0.4, 0.5) is 9.18 Å². The Morgan fingerprint density at radius 1 is 1.45 bits per heavy atom. The van der Waals surface area contributed by atoms with Gasteiger partial charge in [0.2, 0.25) is 0 Å². The highest BCUT2D eigenvalue weighted by molar-refractivity contribution is 7.99. The minimum Gasteiger partial charge on any atom is -0.323 e. The molecule has 5 nitrogen and oxygen atoms in total. The van der Waals surface area contributed by atoms with Crippen LogP contribution in [0.5, 0.6) is 0 Å². The van der Waals surface area contributed by atoms with E-state index in [4.69, 9.17) is 0 Å². The number of carbonyl (C=O) groups excluding carboxylic acids is 1. The number of amides is 1. The largest absolute Gasteiger partial charge is 0.344 e. The standard InChI is InChI=1S/C15H15FN4OS/c1-3-19(4-2)15(21)20-10-11(9-17)14(18-20)22-13-7-5-6-12(16)8-13/h5-8,10H,3-4H2,1-2H3. The first-order valence-corrected chi connectivity index (χ1v) is 7.63. The van der Waals surface area contributed by atoms with Gasteiger partial charge in [-0.15, -0.1) is 0 Å². The van der Waals surface area contributed by atoms with E-state index in [2.05, 4.69) is 5.10 Å². The van der Waals surface area contributed by atoms with Gasteiger partial charge >= 0.3 is 6.03 Å². The Hall–Kier alpha value is -2.33. The first kappa shape index (κ1) is 16.0. The fraction of sp³-hybridized carbons (Fsp3) is 0.267. The summed E-state index contributed by atoms with van der Waals surface area (Å²) in [7, 11) is 0. The molecule has 0 aliphatic rings. The van der Waals surface area contributed by atoms with E-state index in [0.717, 1.165) is 16.4 Å². The predicted octanol–water partition coefficient (Wildman–Crippen LogP) is 3.35. The van der Waals surface area contributed by atoms with Crippen LogP contribution in [0.15, 0.2) is 40.4 Å². The van der Waals surface area contributed by atoms with Crippen LogP contribution >= 0.6 is 11.8 Å². The Labute approximate surface area is 132 Å². The first-order chi connectivity index (χ1) is 10.6. The van der Waals surface area contributed by atoms with Gasteiger partial charge in [0, 0.05) is 18.0 Å². The average Bonchev–Trinajstić information content (AvgIpc) is 2.91. The summed E-state index contributed by atoms with van der Waals surface area (Å²) < 4.78 is 14.4. The summed E-state index contributed by atoms with van der Waals surface area (Å²) in [6, 6.07) is 7.74. The first-order valence-electron chi connectivity index (χ1n) is 6.81. The highest BCUT2D eigenvalue weighted by Gasteiger charge is 2.18. The molecule has 1 aromatic carbocycles. The second-order valence-corrected chi connectivity index (χ2v) is 5.48. The molecule has 0 N–H and O–H groups in total. The van der Waals surface area contributed by atoms with Crippen molar-refractivity contribution in [3.05, 3.63) is 41.8 Å². The zero-order chi connectivity index (χ0) is 16.1. The number of nitrogens with zero attached hydrogens (tertiary/aromatic N) is 4. The van der Waals surface area contributed by atoms with E-state index in [-0.39, 0.29) is 17.4 Å². The van der Waals surface area contributed by atoms with Crippen molar-refractivity contribution in [3.63, 3.8) is 0 Å². The molecule has 1 aromatic heterocycles. The summed E-state index contributed by atoms with van der Waals surface area (Å²) in [5.41, 5.74) is 0.287. The van der Waals surface area contributed by atoms with Crippen LogP contribution in [0.2, 0.25) is 0 Å². The van der Waals surface area contributed by atoms with E-state index in [0.29, 0.717) is 23.0 Å². The van der Waals surface area contributed by atoms with E-state index in [1.165, 1.54) is 18.3 Å². The molecule has 2 aromatic rings. The monoisotopic (exact) mass is 318 g/mol. The Kier molecular flexibility index (Phi) is 5.17. The highest BCUT2D eigenvalue weighted by Crippen LogP contribution is 2.29. The third-order valence-corrected chi connectivity index (χ3v) is 4.03. The summed E-state index contributed by atoms with van der Waals surface area (Å²) in [6.45, 7) is 4.87. The van der Waals surface area contributed by atoms with Gasteiger partial charge in [-0.3, -0.25) is 0 Å². The van der Waals surface area contributed by atoms with Gasteiger partial charge in [-0.1, -0.05) is 17.8 Å². The fourth-order valence-electron chi connectivity index (χ4n) is 1.89. The van der Waals surface area contributed by atoms with Crippen LogP contribution in [-0.4, -0.2) is 33.8 Å². The molecule has 1 heterocycles. The van der Waals surface area contributed by atoms with Gasteiger partial charge in [-0.05, 0) is 32.0 Å². The van der Waals surface area contributed by atoms with E-state index in [1.54, 1.807) is 17.0 Å². The number of carbonyl (C=O) groups is 1. The number of rotatable bonds is 4. The van der Waals surface area contributed by atoms with Crippen molar-refractivity contribution in [2.45, 2.75) is 23.8 Å². The van der Waals surface area contributed by atoms with E-state index in [1.807, 2.05) is 19.9 Å². The molecule has 0 saturated heterocycles. The predicted molar refractivity (Wildman–Crippen MR) is 81.2 cm³/mol. The number of benzene rings is 1. The van der Waals surface area contributed by atoms with Crippen molar-refractivity contribution in [3.8, 4) is 6.07 Å². The molecule has 0 saturated carbocycles. The van der Waals surface area contributed by atoms with E-state index < -0.39 is 0 Å². The molecule has 0 fully saturated rings. The number of halogens is 1. The van der Waals surface area contributed by atoms with Crippen LogP contribution in [0, 0.1) is 17.1 Å². The lowest BCUT2D eigenvalue weighted by molar-refractivity contribution is 0.201. The smallest absolute Gasteiger partial charge is 0.323 e. The van der Waals surface area contributed by atoms with Gasteiger partial charge < -0.3 is 4.90 Å². The zero-order valence-electron chi connectivity index (χ0n) is 12.3. The molecule has 0 bridgehead atoms. The van der Waals surface area contributed by atoms with Gasteiger partial charge in [-0.2, -0.15) is 15.0 Å². The molecule has 2 rings (SSSR count). The lowest BCUT2D eigenvalue weighted by Crippen LogP contribution is -2.34.